The topological polar surface area (TPSA) is 65.2 Å². The second kappa shape index (κ2) is 3.17. The highest BCUT2D eigenvalue weighted by atomic mass is 19.1. The number of ether oxygens (including phenoxy) is 1. The number of esters is 1. The highest BCUT2D eigenvalue weighted by Gasteiger charge is 2.12. The van der Waals surface area contributed by atoms with Gasteiger partial charge in [0, 0.05) is 0 Å². The van der Waals surface area contributed by atoms with Crippen molar-refractivity contribution >= 4 is 11.8 Å². The maximum atomic E-state index is 12.8. The van der Waals surface area contributed by atoms with Crippen LogP contribution in [0.2, 0.25) is 0 Å². The third-order valence-corrected chi connectivity index (χ3v) is 1.28. The third kappa shape index (κ3) is 1.50. The lowest BCUT2D eigenvalue weighted by molar-refractivity contribution is 0.0594. The molecular weight excluding hydrogens is 163 g/mol. The molecule has 0 aliphatic carbocycles. The highest BCUT2D eigenvalue weighted by molar-refractivity contribution is 5.89. The fourth-order valence-corrected chi connectivity index (χ4v) is 0.711. The number of anilines is 1. The molecule has 0 fully saturated rings. The summed E-state index contributed by atoms with van der Waals surface area (Å²) < 4.78 is 17.1. The Balaban J connectivity index is 3.09. The minimum atomic E-state index is -0.915. The van der Waals surface area contributed by atoms with Gasteiger partial charge in [-0.2, -0.15) is 4.39 Å². The Morgan fingerprint density at radius 2 is 2.33 bits per heavy atom. The Labute approximate surface area is 68.2 Å². The van der Waals surface area contributed by atoms with Gasteiger partial charge in [0.2, 0.25) is 5.95 Å². The smallest absolute Gasteiger partial charge is 0.342 e. The maximum Gasteiger partial charge on any atom is 0.342 e. The average Bonchev–Trinajstić information content (AvgIpc) is 2.03. The van der Waals surface area contributed by atoms with Crippen LogP contribution < -0.4 is 5.73 Å². The zero-order valence-corrected chi connectivity index (χ0v) is 6.37. The number of halogens is 1. The van der Waals surface area contributed by atoms with Crippen LogP contribution in [0.3, 0.4) is 0 Å². The Morgan fingerprint density at radius 3 is 2.83 bits per heavy atom. The lowest BCUT2D eigenvalue weighted by Gasteiger charge is -1.99. The summed E-state index contributed by atoms with van der Waals surface area (Å²) in [6.07, 6.45) is 0. The zero-order valence-electron chi connectivity index (χ0n) is 6.37. The monoisotopic (exact) mass is 170 g/mol. The predicted molar refractivity (Wildman–Crippen MR) is 39.9 cm³/mol. The molecule has 1 aromatic heterocycles. The average molecular weight is 170 g/mol. The molecule has 0 saturated carbocycles. The predicted octanol–water partition coefficient (Wildman–Crippen LogP) is 0.589. The van der Waals surface area contributed by atoms with Crippen molar-refractivity contribution in [2.75, 3.05) is 12.8 Å². The van der Waals surface area contributed by atoms with E-state index in [1.165, 1.54) is 12.1 Å². The fourth-order valence-electron chi connectivity index (χ4n) is 0.711. The minimum Gasteiger partial charge on any atom is -0.465 e. The number of nitrogens with two attached hydrogens (primary N) is 1. The van der Waals surface area contributed by atoms with Crippen molar-refractivity contribution in [3.63, 3.8) is 0 Å². The molecule has 0 radical (unpaired) electrons. The van der Waals surface area contributed by atoms with Crippen LogP contribution in [0.25, 0.3) is 0 Å². The van der Waals surface area contributed by atoms with Crippen LogP contribution in [0.5, 0.6) is 0 Å². The van der Waals surface area contributed by atoms with E-state index in [0.29, 0.717) is 0 Å². The molecule has 12 heavy (non-hydrogen) atoms. The van der Waals surface area contributed by atoms with Gasteiger partial charge in [-0.05, 0) is 12.1 Å². The van der Waals surface area contributed by atoms with Gasteiger partial charge in [0.05, 0.1) is 7.11 Å². The van der Waals surface area contributed by atoms with Crippen LogP contribution in [0.15, 0.2) is 12.1 Å². The van der Waals surface area contributed by atoms with Crippen LogP contribution in [0.4, 0.5) is 10.2 Å². The normalized spacial score (nSPS) is 9.50. The lowest BCUT2D eigenvalue weighted by atomic mass is 10.3. The van der Waals surface area contributed by atoms with Crippen LogP contribution in [0, 0.1) is 5.95 Å². The van der Waals surface area contributed by atoms with Gasteiger partial charge in [-0.15, -0.1) is 0 Å². The molecule has 2 N–H and O–H groups in total. The van der Waals surface area contributed by atoms with Crippen molar-refractivity contribution in [1.29, 1.82) is 0 Å². The number of nitrogen functional groups attached to an aromatic ring is 1. The number of methoxy groups -OCH3 is 1. The second-order valence-corrected chi connectivity index (χ2v) is 2.07. The van der Waals surface area contributed by atoms with Crippen molar-refractivity contribution in [3.8, 4) is 0 Å². The molecule has 0 unspecified atom stereocenters. The third-order valence-electron chi connectivity index (χ3n) is 1.28. The molecule has 0 aromatic carbocycles. The molecule has 4 nitrogen and oxygen atoms in total. The molecule has 64 valence electrons. The van der Waals surface area contributed by atoms with Crippen LogP contribution in [-0.2, 0) is 4.74 Å². The summed E-state index contributed by atoms with van der Waals surface area (Å²) >= 11 is 0. The molecule has 0 spiro atoms. The van der Waals surface area contributed by atoms with E-state index < -0.39 is 11.9 Å². The van der Waals surface area contributed by atoms with Gasteiger partial charge >= 0.3 is 5.97 Å². The SMILES string of the molecule is COC(=O)c1ccc(N)nc1F. The van der Waals surface area contributed by atoms with Crippen LogP contribution >= 0.6 is 0 Å². The standard InChI is InChI=1S/C7H7FN2O2/c1-12-7(11)4-2-3-5(9)10-6(4)8/h2-3H,1H3,(H2,9,10). The lowest BCUT2D eigenvalue weighted by Crippen LogP contribution is -2.06. The van der Waals surface area contributed by atoms with Gasteiger partial charge in [0.15, 0.2) is 0 Å². The Hall–Kier alpha value is -1.65. The minimum absolute atomic E-state index is 0.0279. The highest BCUT2D eigenvalue weighted by Crippen LogP contribution is 2.07. The van der Waals surface area contributed by atoms with E-state index >= 15 is 0 Å². The van der Waals surface area contributed by atoms with Gasteiger partial charge in [-0.1, -0.05) is 0 Å². The quantitative estimate of drug-likeness (QED) is 0.494. The largest absolute Gasteiger partial charge is 0.465 e. The summed E-state index contributed by atoms with van der Waals surface area (Å²) in [5.74, 6) is -1.65. The maximum absolute atomic E-state index is 12.8. The van der Waals surface area contributed by atoms with Gasteiger partial charge < -0.3 is 10.5 Å². The van der Waals surface area contributed by atoms with E-state index in [1.807, 2.05) is 0 Å². The number of hydrogen-bond donors (Lipinski definition) is 1. The number of carbonyl (C=O) groups excluding carboxylic acids is 1. The molecular formula is C7H7FN2O2. The van der Waals surface area contributed by atoms with Crippen LogP contribution in [-0.4, -0.2) is 18.1 Å². The number of hydrogen-bond acceptors (Lipinski definition) is 4. The summed E-state index contributed by atoms with van der Waals surface area (Å²) in [4.78, 5) is 14.1. The van der Waals surface area contributed by atoms with Crippen molar-refractivity contribution in [1.82, 2.24) is 4.98 Å². The molecule has 5 heteroatoms. The van der Waals surface area contributed by atoms with Gasteiger partial charge in [-0.3, -0.25) is 0 Å². The first-order valence-electron chi connectivity index (χ1n) is 3.15. The summed E-state index contributed by atoms with van der Waals surface area (Å²) in [5.41, 5.74) is 4.95. The van der Waals surface area contributed by atoms with Crippen molar-refractivity contribution in [2.45, 2.75) is 0 Å². The van der Waals surface area contributed by atoms with Gasteiger partial charge in [0.25, 0.3) is 0 Å². The van der Waals surface area contributed by atoms with Crippen molar-refractivity contribution in [3.05, 3.63) is 23.6 Å². The van der Waals surface area contributed by atoms with Crippen molar-refractivity contribution < 1.29 is 13.9 Å². The molecule has 0 aliphatic heterocycles. The zero-order chi connectivity index (χ0) is 9.14. The molecule has 0 atom stereocenters. The van der Waals surface area contributed by atoms with E-state index in [-0.39, 0.29) is 11.4 Å². The first-order chi connectivity index (χ1) is 5.65. The summed E-state index contributed by atoms with van der Waals surface area (Å²) in [5, 5.41) is 0. The molecule has 0 amide bonds. The number of pyridine rings is 1. The van der Waals surface area contributed by atoms with Gasteiger partial charge in [0.1, 0.15) is 11.4 Å². The first-order valence-corrected chi connectivity index (χ1v) is 3.15. The fraction of sp³-hybridized carbons (Fsp3) is 0.143. The Bertz CT molecular complexity index is 314. The molecule has 1 aromatic rings. The Morgan fingerprint density at radius 1 is 1.67 bits per heavy atom. The first kappa shape index (κ1) is 8.45. The number of nitrogens with zero attached hydrogens (tertiary/aromatic N) is 1. The summed E-state index contributed by atoms with van der Waals surface area (Å²) in [6.45, 7) is 0. The van der Waals surface area contributed by atoms with E-state index in [0.717, 1.165) is 7.11 Å². The summed E-state index contributed by atoms with van der Waals surface area (Å²) in [6, 6.07) is 2.55. The Kier molecular flexibility index (Phi) is 2.23. The molecule has 0 bridgehead atoms. The second-order valence-electron chi connectivity index (χ2n) is 2.07. The molecule has 0 aliphatic rings. The van der Waals surface area contributed by atoms with E-state index in [9.17, 15) is 9.18 Å². The molecule has 1 rings (SSSR count). The van der Waals surface area contributed by atoms with Crippen LogP contribution in [0.1, 0.15) is 10.4 Å². The molecule has 0 saturated heterocycles. The number of carbonyl (C=O) groups is 1. The number of rotatable bonds is 1. The number of aromatic nitrogens is 1. The van der Waals surface area contributed by atoms with E-state index in [2.05, 4.69) is 9.72 Å². The van der Waals surface area contributed by atoms with E-state index in [4.69, 9.17) is 5.73 Å². The van der Waals surface area contributed by atoms with Gasteiger partial charge in [-0.25, -0.2) is 9.78 Å². The molecule has 1 heterocycles. The van der Waals surface area contributed by atoms with Crippen molar-refractivity contribution in [2.24, 2.45) is 0 Å². The summed E-state index contributed by atoms with van der Waals surface area (Å²) in [7, 11) is 1.16. The van der Waals surface area contributed by atoms with E-state index in [1.54, 1.807) is 0 Å².